The van der Waals surface area contributed by atoms with Gasteiger partial charge < -0.3 is 14.2 Å². The van der Waals surface area contributed by atoms with E-state index >= 15 is 0 Å². The quantitative estimate of drug-likeness (QED) is 0.0263. The first kappa shape index (κ1) is 57.1. The lowest BCUT2D eigenvalue weighted by molar-refractivity contribution is -0.167. The lowest BCUT2D eigenvalue weighted by Crippen LogP contribution is -2.30. The second-order valence-electron chi connectivity index (χ2n) is 17.8. The molecule has 0 bridgehead atoms. The molecule has 1 unspecified atom stereocenters. The van der Waals surface area contributed by atoms with Crippen LogP contribution in [0.1, 0.15) is 290 Å². The molecule has 6 nitrogen and oxygen atoms in total. The van der Waals surface area contributed by atoms with Crippen molar-refractivity contribution in [3.8, 4) is 0 Å². The molecule has 348 valence electrons. The number of allylic oxidation sites excluding steroid dienone is 2. The Morgan fingerprint density at radius 3 is 0.847 bits per heavy atom. The van der Waals surface area contributed by atoms with Crippen molar-refractivity contribution in [1.29, 1.82) is 0 Å². The second-order valence-corrected chi connectivity index (χ2v) is 17.8. The SMILES string of the molecule is CCCCCCCC/C=C\CCCCCCCC(=O)OCC(COC(=O)CCCCCCCCCCCCCC)OC(=O)CCCCCCCCCCCCCCCC. The van der Waals surface area contributed by atoms with E-state index < -0.39 is 6.10 Å². The predicted molar refractivity (Wildman–Crippen MR) is 252 cm³/mol. The molecule has 0 aliphatic carbocycles. The van der Waals surface area contributed by atoms with E-state index in [0.29, 0.717) is 19.3 Å². The standard InChI is InChI=1S/C53H100O6/c1-4-7-10-13-16-19-22-25-27-29-31-34-37-40-43-46-52(55)58-49-50(48-57-51(54)45-42-39-36-33-30-24-21-18-15-12-9-6-3)59-53(56)47-44-41-38-35-32-28-26-23-20-17-14-11-8-5-2/h25,27,50H,4-24,26,28-49H2,1-3H3/b27-25-. The molecule has 0 spiro atoms. The monoisotopic (exact) mass is 833 g/mol. The zero-order valence-electron chi connectivity index (χ0n) is 39.8. The highest BCUT2D eigenvalue weighted by atomic mass is 16.6. The van der Waals surface area contributed by atoms with Crippen molar-refractivity contribution in [2.24, 2.45) is 0 Å². The van der Waals surface area contributed by atoms with Gasteiger partial charge in [0.15, 0.2) is 6.10 Å². The Labute approximate surface area is 367 Å². The first-order valence-electron chi connectivity index (χ1n) is 26.2. The van der Waals surface area contributed by atoms with Gasteiger partial charge in [-0.05, 0) is 44.9 Å². The number of hydrogen-bond acceptors (Lipinski definition) is 6. The largest absolute Gasteiger partial charge is 0.462 e. The number of carbonyl (C=O) groups is 3. The first-order chi connectivity index (χ1) is 29.0. The third kappa shape index (κ3) is 47.1. The molecule has 0 saturated heterocycles. The fraction of sp³-hybridized carbons (Fsp3) is 0.906. The van der Waals surface area contributed by atoms with Crippen molar-refractivity contribution in [3.05, 3.63) is 12.2 Å². The van der Waals surface area contributed by atoms with E-state index in [-0.39, 0.29) is 31.1 Å². The van der Waals surface area contributed by atoms with Crippen molar-refractivity contribution in [2.45, 2.75) is 297 Å². The van der Waals surface area contributed by atoms with Crippen LogP contribution in [0.25, 0.3) is 0 Å². The molecule has 0 aromatic carbocycles. The van der Waals surface area contributed by atoms with E-state index in [1.165, 1.54) is 186 Å². The first-order valence-corrected chi connectivity index (χ1v) is 26.2. The molecule has 0 aliphatic heterocycles. The number of rotatable bonds is 48. The van der Waals surface area contributed by atoms with Crippen LogP contribution < -0.4 is 0 Å². The van der Waals surface area contributed by atoms with Crippen LogP contribution in [0.5, 0.6) is 0 Å². The summed E-state index contributed by atoms with van der Waals surface area (Å²) in [4.78, 5) is 37.9. The van der Waals surface area contributed by atoms with Gasteiger partial charge in [0.05, 0.1) is 0 Å². The second kappa shape index (κ2) is 48.8. The average Bonchev–Trinajstić information content (AvgIpc) is 3.23. The van der Waals surface area contributed by atoms with E-state index in [0.717, 1.165) is 64.2 Å². The molecule has 0 radical (unpaired) electrons. The molecule has 0 amide bonds. The van der Waals surface area contributed by atoms with E-state index in [1.807, 2.05) is 0 Å². The average molecular weight is 833 g/mol. The Kier molecular flexibility index (Phi) is 47.3. The molecule has 6 heteroatoms. The summed E-state index contributed by atoms with van der Waals surface area (Å²) in [5, 5.41) is 0. The molecule has 0 saturated carbocycles. The summed E-state index contributed by atoms with van der Waals surface area (Å²) in [6.45, 7) is 6.66. The highest BCUT2D eigenvalue weighted by Gasteiger charge is 2.19. The highest BCUT2D eigenvalue weighted by molar-refractivity contribution is 5.71. The Bertz CT molecular complexity index is 916. The minimum absolute atomic E-state index is 0.0672. The van der Waals surface area contributed by atoms with Crippen LogP contribution in [0.2, 0.25) is 0 Å². The van der Waals surface area contributed by atoms with Gasteiger partial charge in [0.2, 0.25) is 0 Å². The van der Waals surface area contributed by atoms with Crippen LogP contribution >= 0.6 is 0 Å². The Morgan fingerprint density at radius 2 is 0.559 bits per heavy atom. The zero-order valence-corrected chi connectivity index (χ0v) is 39.8. The molecule has 1 atom stereocenters. The van der Waals surface area contributed by atoms with Gasteiger partial charge in [-0.25, -0.2) is 0 Å². The summed E-state index contributed by atoms with van der Waals surface area (Å²) in [6, 6.07) is 0. The third-order valence-electron chi connectivity index (χ3n) is 11.8. The highest BCUT2D eigenvalue weighted by Crippen LogP contribution is 2.16. The van der Waals surface area contributed by atoms with Crippen molar-refractivity contribution >= 4 is 17.9 Å². The van der Waals surface area contributed by atoms with Crippen LogP contribution in [0.3, 0.4) is 0 Å². The van der Waals surface area contributed by atoms with Crippen molar-refractivity contribution < 1.29 is 28.6 Å². The summed E-state index contributed by atoms with van der Waals surface area (Å²) in [6.07, 6.45) is 53.3. The summed E-state index contributed by atoms with van der Waals surface area (Å²) in [5.74, 6) is -0.859. The normalized spacial score (nSPS) is 12.0. The summed E-state index contributed by atoms with van der Waals surface area (Å²) < 4.78 is 16.8. The molecule has 0 aromatic rings. The predicted octanol–water partition coefficient (Wildman–Crippen LogP) is 17.0. The lowest BCUT2D eigenvalue weighted by atomic mass is 10.0. The van der Waals surface area contributed by atoms with Crippen LogP contribution in [0.15, 0.2) is 12.2 Å². The Morgan fingerprint density at radius 1 is 0.322 bits per heavy atom. The van der Waals surface area contributed by atoms with E-state index in [4.69, 9.17) is 14.2 Å². The van der Waals surface area contributed by atoms with Crippen molar-refractivity contribution in [2.75, 3.05) is 13.2 Å². The van der Waals surface area contributed by atoms with Crippen LogP contribution in [0.4, 0.5) is 0 Å². The molecule has 0 heterocycles. The maximum atomic E-state index is 12.8. The minimum atomic E-state index is -0.766. The van der Waals surface area contributed by atoms with Crippen LogP contribution in [-0.2, 0) is 28.6 Å². The molecule has 0 fully saturated rings. The number of ether oxygens (including phenoxy) is 3. The zero-order chi connectivity index (χ0) is 43.0. The topological polar surface area (TPSA) is 78.9 Å². The van der Waals surface area contributed by atoms with Gasteiger partial charge in [0.1, 0.15) is 13.2 Å². The molecule has 0 rings (SSSR count). The minimum Gasteiger partial charge on any atom is -0.462 e. The summed E-state index contributed by atoms with van der Waals surface area (Å²) in [7, 11) is 0. The summed E-state index contributed by atoms with van der Waals surface area (Å²) >= 11 is 0. The molecule has 0 N–H and O–H groups in total. The van der Waals surface area contributed by atoms with E-state index in [2.05, 4.69) is 32.9 Å². The summed E-state index contributed by atoms with van der Waals surface area (Å²) in [5.41, 5.74) is 0. The van der Waals surface area contributed by atoms with Gasteiger partial charge in [-0.2, -0.15) is 0 Å². The number of unbranched alkanes of at least 4 members (excludes halogenated alkanes) is 35. The van der Waals surface area contributed by atoms with Gasteiger partial charge in [0, 0.05) is 19.3 Å². The Hall–Kier alpha value is -1.85. The fourth-order valence-electron chi connectivity index (χ4n) is 7.79. The van der Waals surface area contributed by atoms with Crippen molar-refractivity contribution in [3.63, 3.8) is 0 Å². The number of hydrogen-bond donors (Lipinski definition) is 0. The fourth-order valence-corrected chi connectivity index (χ4v) is 7.79. The van der Waals surface area contributed by atoms with Gasteiger partial charge in [-0.3, -0.25) is 14.4 Å². The lowest BCUT2D eigenvalue weighted by Gasteiger charge is -2.18. The van der Waals surface area contributed by atoms with Gasteiger partial charge in [0.25, 0.3) is 0 Å². The third-order valence-corrected chi connectivity index (χ3v) is 11.8. The van der Waals surface area contributed by atoms with Crippen molar-refractivity contribution in [1.82, 2.24) is 0 Å². The van der Waals surface area contributed by atoms with E-state index in [1.54, 1.807) is 0 Å². The molecule has 0 aromatic heterocycles. The molecule has 0 aliphatic rings. The van der Waals surface area contributed by atoms with Gasteiger partial charge in [-0.1, -0.05) is 238 Å². The molecule has 59 heavy (non-hydrogen) atoms. The maximum absolute atomic E-state index is 12.8. The van der Waals surface area contributed by atoms with E-state index in [9.17, 15) is 14.4 Å². The number of carbonyl (C=O) groups excluding carboxylic acids is 3. The molecular weight excluding hydrogens is 733 g/mol. The molecular formula is C53H100O6. The van der Waals surface area contributed by atoms with Gasteiger partial charge in [-0.15, -0.1) is 0 Å². The number of esters is 3. The Balaban J connectivity index is 4.33. The van der Waals surface area contributed by atoms with Gasteiger partial charge >= 0.3 is 17.9 Å². The van der Waals surface area contributed by atoms with Crippen LogP contribution in [0, 0.1) is 0 Å². The smallest absolute Gasteiger partial charge is 0.306 e. The maximum Gasteiger partial charge on any atom is 0.306 e. The van der Waals surface area contributed by atoms with Crippen LogP contribution in [-0.4, -0.2) is 37.2 Å².